The molecule has 0 saturated heterocycles. The number of methoxy groups -OCH3 is 1. The van der Waals surface area contributed by atoms with Crippen molar-refractivity contribution in [1.29, 1.82) is 5.26 Å². The van der Waals surface area contributed by atoms with Crippen molar-refractivity contribution in [2.24, 2.45) is 0 Å². The van der Waals surface area contributed by atoms with Gasteiger partial charge >= 0.3 is 12.2 Å². The highest BCUT2D eigenvalue weighted by Gasteiger charge is 2.31. The molecule has 2 heterocycles. The van der Waals surface area contributed by atoms with Crippen molar-refractivity contribution in [2.45, 2.75) is 19.0 Å². The van der Waals surface area contributed by atoms with Gasteiger partial charge in [0.25, 0.3) is 0 Å². The first-order valence-electron chi connectivity index (χ1n) is 9.36. The third kappa shape index (κ3) is 5.51. The zero-order valence-corrected chi connectivity index (χ0v) is 16.4. The molecule has 1 aliphatic rings. The van der Waals surface area contributed by atoms with Gasteiger partial charge in [0.15, 0.2) is 18.0 Å². The molecule has 0 aliphatic carbocycles. The number of hydrogen-bond acceptors (Lipinski definition) is 7. The number of alkyl halides is 3. The number of aromatic nitrogens is 2. The molecule has 2 aromatic rings. The Morgan fingerprint density at radius 1 is 1.07 bits per heavy atom. The van der Waals surface area contributed by atoms with Crippen LogP contribution in [0.3, 0.4) is 0 Å². The van der Waals surface area contributed by atoms with E-state index < -0.39 is 18.7 Å². The summed E-state index contributed by atoms with van der Waals surface area (Å²) in [5, 5.41) is 9.63. The lowest BCUT2D eigenvalue weighted by Crippen LogP contribution is -2.29. The molecule has 0 radical (unpaired) electrons. The summed E-state index contributed by atoms with van der Waals surface area (Å²) < 4.78 is 53.2. The second-order valence-corrected chi connectivity index (χ2v) is 6.62. The smallest absolute Gasteiger partial charge is 0.422 e. The zero-order valence-electron chi connectivity index (χ0n) is 16.4. The molecule has 7 nitrogen and oxygen atoms in total. The quantitative estimate of drug-likeness (QED) is 0.635. The fraction of sp³-hybridized carbons (Fsp3) is 0.450. The fourth-order valence-corrected chi connectivity index (χ4v) is 3.15. The summed E-state index contributed by atoms with van der Waals surface area (Å²) in [5.41, 5.74) is 2.24. The zero-order chi connectivity index (χ0) is 21.6. The topological polar surface area (TPSA) is 80.5 Å². The molecule has 0 N–H and O–H groups in total. The van der Waals surface area contributed by atoms with E-state index in [1.165, 1.54) is 18.2 Å². The minimum Gasteiger partial charge on any atom is -0.467 e. The van der Waals surface area contributed by atoms with E-state index in [1.54, 1.807) is 0 Å². The first-order chi connectivity index (χ1) is 14.4. The maximum absolute atomic E-state index is 12.7. The summed E-state index contributed by atoms with van der Waals surface area (Å²) in [7, 11) is 1.49. The molecule has 0 amide bonds. The number of fused-ring (bicyclic) bond motifs is 1. The van der Waals surface area contributed by atoms with Gasteiger partial charge in [0.1, 0.15) is 12.7 Å². The molecule has 3 rings (SSSR count). The van der Waals surface area contributed by atoms with Crippen LogP contribution in [-0.2, 0) is 17.6 Å². The summed E-state index contributed by atoms with van der Waals surface area (Å²) in [6.07, 6.45) is -3.15. The van der Waals surface area contributed by atoms with Crippen LogP contribution in [0.2, 0.25) is 0 Å². The number of halogens is 3. The van der Waals surface area contributed by atoms with Crippen molar-refractivity contribution >= 4 is 5.82 Å². The van der Waals surface area contributed by atoms with Crippen LogP contribution in [0, 0.1) is 11.3 Å². The van der Waals surface area contributed by atoms with Gasteiger partial charge in [0.05, 0.1) is 6.61 Å². The Morgan fingerprint density at radius 2 is 1.73 bits per heavy atom. The molecule has 1 aromatic carbocycles. The van der Waals surface area contributed by atoms with Crippen LogP contribution in [0.15, 0.2) is 24.3 Å². The molecule has 0 spiro atoms. The molecule has 1 aromatic heterocycles. The highest BCUT2D eigenvalue weighted by atomic mass is 19.4. The van der Waals surface area contributed by atoms with Gasteiger partial charge in [-0.15, -0.1) is 0 Å². The molecule has 160 valence electrons. The predicted octanol–water partition coefficient (Wildman–Crippen LogP) is 2.92. The Labute approximate surface area is 172 Å². The minimum atomic E-state index is -4.57. The van der Waals surface area contributed by atoms with E-state index in [-0.39, 0.29) is 30.6 Å². The predicted molar refractivity (Wildman–Crippen MR) is 102 cm³/mol. The van der Waals surface area contributed by atoms with E-state index in [0.29, 0.717) is 25.9 Å². The van der Waals surface area contributed by atoms with E-state index in [0.717, 1.165) is 0 Å². The van der Waals surface area contributed by atoms with Crippen molar-refractivity contribution < 1.29 is 27.4 Å². The number of benzene rings is 1. The maximum Gasteiger partial charge on any atom is 0.422 e. The average molecular weight is 422 g/mol. The highest BCUT2D eigenvalue weighted by molar-refractivity contribution is 5.60. The summed E-state index contributed by atoms with van der Waals surface area (Å²) >= 11 is 0. The Bertz CT molecular complexity index is 888. The van der Waals surface area contributed by atoms with Crippen LogP contribution in [0.1, 0.15) is 16.7 Å². The van der Waals surface area contributed by atoms with Crippen LogP contribution < -0.4 is 14.4 Å². The van der Waals surface area contributed by atoms with Crippen LogP contribution >= 0.6 is 0 Å². The molecular formula is C20H21F3N4O3. The number of rotatable bonds is 7. The molecule has 30 heavy (non-hydrogen) atoms. The van der Waals surface area contributed by atoms with Gasteiger partial charge in [-0.2, -0.15) is 28.4 Å². The number of nitriles is 1. The molecular weight excluding hydrogens is 401 g/mol. The molecule has 0 saturated carbocycles. The summed E-state index contributed by atoms with van der Waals surface area (Å²) in [4.78, 5) is 10.0. The fourth-order valence-electron chi connectivity index (χ4n) is 3.15. The number of anilines is 1. The largest absolute Gasteiger partial charge is 0.467 e. The van der Waals surface area contributed by atoms with Gasteiger partial charge in [-0.3, -0.25) is 0 Å². The van der Waals surface area contributed by atoms with Gasteiger partial charge in [-0.1, -0.05) is 24.3 Å². The Morgan fingerprint density at radius 3 is 2.30 bits per heavy atom. The lowest BCUT2D eigenvalue weighted by atomic mass is 10.0. The second kappa shape index (κ2) is 9.63. The minimum absolute atomic E-state index is 0.103. The van der Waals surface area contributed by atoms with Crippen LogP contribution in [-0.4, -0.2) is 56.2 Å². The van der Waals surface area contributed by atoms with E-state index in [1.807, 2.05) is 35.2 Å². The van der Waals surface area contributed by atoms with E-state index >= 15 is 0 Å². The molecule has 0 bridgehead atoms. The Kier molecular flexibility index (Phi) is 6.95. The monoisotopic (exact) mass is 422 g/mol. The molecule has 1 aliphatic heterocycles. The van der Waals surface area contributed by atoms with E-state index in [9.17, 15) is 18.4 Å². The van der Waals surface area contributed by atoms with Gasteiger partial charge < -0.3 is 19.1 Å². The Hall–Kier alpha value is -3.06. The molecule has 0 atom stereocenters. The van der Waals surface area contributed by atoms with Gasteiger partial charge in [0.2, 0.25) is 5.88 Å². The van der Waals surface area contributed by atoms with Crippen molar-refractivity contribution in [3.63, 3.8) is 0 Å². The number of nitrogens with zero attached hydrogens (tertiary/aromatic N) is 4. The third-order valence-corrected chi connectivity index (χ3v) is 4.56. The lowest BCUT2D eigenvalue weighted by molar-refractivity contribution is -0.154. The summed E-state index contributed by atoms with van der Waals surface area (Å²) in [5.74, 6) is -0.251. The molecule has 0 fully saturated rings. The average Bonchev–Trinajstić information content (AvgIpc) is 2.94. The van der Waals surface area contributed by atoms with Crippen molar-refractivity contribution in [1.82, 2.24) is 9.97 Å². The van der Waals surface area contributed by atoms with Crippen LogP contribution in [0.25, 0.3) is 0 Å². The van der Waals surface area contributed by atoms with E-state index in [2.05, 4.69) is 9.97 Å². The van der Waals surface area contributed by atoms with Crippen molar-refractivity contribution in [2.75, 3.05) is 44.9 Å². The standard InChI is InChI=1S/C20H21F3N4O3/c1-28-10-11-29-19-25-17(16(12-24)18(26-19)30-13-20(21,22)23)27-8-6-14-4-2-3-5-15(14)7-9-27/h2-5H,6-11,13H2,1H3. The van der Waals surface area contributed by atoms with Crippen molar-refractivity contribution in [3.8, 4) is 18.0 Å². The van der Waals surface area contributed by atoms with E-state index in [4.69, 9.17) is 14.2 Å². The second-order valence-electron chi connectivity index (χ2n) is 6.62. The van der Waals surface area contributed by atoms with Gasteiger partial charge in [-0.25, -0.2) is 0 Å². The lowest BCUT2D eigenvalue weighted by Gasteiger charge is -2.23. The van der Waals surface area contributed by atoms with Gasteiger partial charge in [0, 0.05) is 20.2 Å². The third-order valence-electron chi connectivity index (χ3n) is 4.56. The number of hydrogen-bond donors (Lipinski definition) is 0. The van der Waals surface area contributed by atoms with Crippen LogP contribution in [0.4, 0.5) is 19.0 Å². The summed E-state index contributed by atoms with van der Waals surface area (Å²) in [6.45, 7) is -0.138. The van der Waals surface area contributed by atoms with Crippen molar-refractivity contribution in [3.05, 3.63) is 41.0 Å². The SMILES string of the molecule is COCCOc1nc(OCC(F)(F)F)c(C#N)c(N2CCc3ccccc3CC2)n1. The maximum atomic E-state index is 12.7. The first-order valence-corrected chi connectivity index (χ1v) is 9.36. The highest BCUT2D eigenvalue weighted by Crippen LogP contribution is 2.31. The molecule has 0 unspecified atom stereocenters. The van der Waals surface area contributed by atoms with Crippen LogP contribution in [0.5, 0.6) is 11.9 Å². The van der Waals surface area contributed by atoms with Gasteiger partial charge in [-0.05, 0) is 24.0 Å². The number of ether oxygens (including phenoxy) is 3. The first kappa shape index (κ1) is 21.6. The normalized spacial score (nSPS) is 13.9. The molecule has 10 heteroatoms. The Balaban J connectivity index is 1.92. The summed E-state index contributed by atoms with van der Waals surface area (Å²) in [6, 6.07) is 9.74.